The first-order valence-electron chi connectivity index (χ1n) is 7.84. The summed E-state index contributed by atoms with van der Waals surface area (Å²) in [5, 5.41) is 3.70. The highest BCUT2D eigenvalue weighted by molar-refractivity contribution is 4.81. The van der Waals surface area contributed by atoms with Crippen molar-refractivity contribution in [1.82, 2.24) is 15.1 Å². The van der Waals surface area contributed by atoms with Crippen LogP contribution in [0.25, 0.3) is 0 Å². The smallest absolute Gasteiger partial charge is 0.0128 e. The summed E-state index contributed by atoms with van der Waals surface area (Å²) in [5.41, 5.74) is 0.347. The van der Waals surface area contributed by atoms with E-state index in [2.05, 4.69) is 64.0 Å². The molecule has 0 rings (SSSR count). The maximum absolute atomic E-state index is 3.70. The maximum Gasteiger partial charge on any atom is 0.0128 e. The molecule has 1 atom stereocenters. The average Bonchev–Trinajstić information content (AvgIpc) is 2.26. The fraction of sp³-hybridized carbons (Fsp3) is 1.00. The molecule has 0 saturated carbocycles. The number of hydrogen-bond donors (Lipinski definition) is 1. The van der Waals surface area contributed by atoms with Crippen molar-refractivity contribution in [1.29, 1.82) is 0 Å². The normalized spacial score (nSPS) is 14.4. The quantitative estimate of drug-likeness (QED) is 0.659. The molecule has 1 unspecified atom stereocenters. The van der Waals surface area contributed by atoms with Gasteiger partial charge in [-0.2, -0.15) is 0 Å². The highest BCUT2D eigenvalue weighted by Crippen LogP contribution is 2.22. The number of hydrogen-bond acceptors (Lipinski definition) is 3. The monoisotopic (exact) mass is 271 g/mol. The van der Waals surface area contributed by atoms with Crippen molar-refractivity contribution >= 4 is 0 Å². The molecule has 0 radical (unpaired) electrons. The highest BCUT2D eigenvalue weighted by atomic mass is 15.1. The zero-order chi connectivity index (χ0) is 14.9. The third-order valence-electron chi connectivity index (χ3n) is 3.63. The second-order valence-electron chi connectivity index (χ2n) is 7.12. The van der Waals surface area contributed by atoms with Crippen LogP contribution in [-0.4, -0.2) is 63.2 Å². The van der Waals surface area contributed by atoms with E-state index in [1.165, 1.54) is 38.9 Å². The summed E-state index contributed by atoms with van der Waals surface area (Å²) in [6.45, 7) is 14.0. The van der Waals surface area contributed by atoms with Gasteiger partial charge in [0.2, 0.25) is 0 Å². The van der Waals surface area contributed by atoms with Crippen LogP contribution >= 0.6 is 0 Å². The minimum atomic E-state index is 0.347. The molecular formula is C16H37N3. The summed E-state index contributed by atoms with van der Waals surface area (Å²) in [5.74, 6) is 0. The van der Waals surface area contributed by atoms with E-state index in [0.717, 1.165) is 6.54 Å². The van der Waals surface area contributed by atoms with Gasteiger partial charge in [-0.25, -0.2) is 0 Å². The summed E-state index contributed by atoms with van der Waals surface area (Å²) < 4.78 is 0. The molecule has 0 spiro atoms. The third kappa shape index (κ3) is 10.3. The molecule has 0 aromatic heterocycles. The van der Waals surface area contributed by atoms with Gasteiger partial charge in [0.25, 0.3) is 0 Å². The van der Waals surface area contributed by atoms with Crippen LogP contribution in [0.3, 0.4) is 0 Å². The lowest BCUT2D eigenvalue weighted by molar-refractivity contribution is 0.217. The molecule has 0 heterocycles. The van der Waals surface area contributed by atoms with E-state index in [4.69, 9.17) is 0 Å². The Hall–Kier alpha value is -0.120. The summed E-state index contributed by atoms with van der Waals surface area (Å²) in [6, 6.07) is 0.615. The summed E-state index contributed by atoms with van der Waals surface area (Å²) >= 11 is 0. The van der Waals surface area contributed by atoms with Gasteiger partial charge in [-0.05, 0) is 72.0 Å². The van der Waals surface area contributed by atoms with Crippen LogP contribution in [0.4, 0.5) is 0 Å². The molecule has 116 valence electrons. The number of nitrogens with zero attached hydrogens (tertiary/aromatic N) is 2. The SMILES string of the molecule is CCCNC(CCN(C)CCCN(C)C)C(C)(C)C. The van der Waals surface area contributed by atoms with Crippen LogP contribution in [-0.2, 0) is 0 Å². The van der Waals surface area contributed by atoms with Crippen molar-refractivity contribution < 1.29 is 0 Å². The summed E-state index contributed by atoms with van der Waals surface area (Å²) in [7, 11) is 6.53. The Morgan fingerprint density at radius 3 is 2.11 bits per heavy atom. The zero-order valence-corrected chi connectivity index (χ0v) is 14.4. The Morgan fingerprint density at radius 1 is 1.00 bits per heavy atom. The molecule has 3 heteroatoms. The zero-order valence-electron chi connectivity index (χ0n) is 14.4. The summed E-state index contributed by atoms with van der Waals surface area (Å²) in [6.07, 6.45) is 3.71. The van der Waals surface area contributed by atoms with Crippen molar-refractivity contribution in [3.05, 3.63) is 0 Å². The predicted molar refractivity (Wildman–Crippen MR) is 86.8 cm³/mol. The number of nitrogens with one attached hydrogen (secondary N) is 1. The van der Waals surface area contributed by atoms with Gasteiger partial charge >= 0.3 is 0 Å². The molecule has 0 bridgehead atoms. The van der Waals surface area contributed by atoms with Crippen molar-refractivity contribution in [3.8, 4) is 0 Å². The van der Waals surface area contributed by atoms with Crippen molar-refractivity contribution in [2.45, 2.75) is 53.0 Å². The molecule has 0 aromatic rings. The lowest BCUT2D eigenvalue weighted by atomic mass is 9.84. The first kappa shape index (κ1) is 18.9. The Morgan fingerprint density at radius 2 is 1.63 bits per heavy atom. The second kappa shape index (κ2) is 9.73. The van der Waals surface area contributed by atoms with Crippen LogP contribution in [0, 0.1) is 5.41 Å². The maximum atomic E-state index is 3.70. The van der Waals surface area contributed by atoms with E-state index < -0.39 is 0 Å². The van der Waals surface area contributed by atoms with Crippen LogP contribution in [0.15, 0.2) is 0 Å². The fourth-order valence-electron chi connectivity index (χ4n) is 2.28. The molecule has 19 heavy (non-hydrogen) atoms. The van der Waals surface area contributed by atoms with Gasteiger partial charge < -0.3 is 15.1 Å². The first-order chi connectivity index (χ1) is 8.77. The Balaban J connectivity index is 3.95. The van der Waals surface area contributed by atoms with E-state index >= 15 is 0 Å². The minimum Gasteiger partial charge on any atom is -0.313 e. The van der Waals surface area contributed by atoms with Gasteiger partial charge in [0.1, 0.15) is 0 Å². The van der Waals surface area contributed by atoms with E-state index in [-0.39, 0.29) is 0 Å². The second-order valence-corrected chi connectivity index (χ2v) is 7.12. The fourth-order valence-corrected chi connectivity index (χ4v) is 2.28. The van der Waals surface area contributed by atoms with Crippen LogP contribution in [0.2, 0.25) is 0 Å². The highest BCUT2D eigenvalue weighted by Gasteiger charge is 2.23. The van der Waals surface area contributed by atoms with Crippen molar-refractivity contribution in [2.24, 2.45) is 5.41 Å². The van der Waals surface area contributed by atoms with Crippen LogP contribution < -0.4 is 5.32 Å². The summed E-state index contributed by atoms with van der Waals surface area (Å²) in [4.78, 5) is 4.73. The molecule has 0 aliphatic heterocycles. The van der Waals surface area contributed by atoms with Gasteiger partial charge in [-0.15, -0.1) is 0 Å². The third-order valence-corrected chi connectivity index (χ3v) is 3.63. The van der Waals surface area contributed by atoms with Crippen LogP contribution in [0.1, 0.15) is 47.0 Å². The Kier molecular flexibility index (Phi) is 9.67. The number of rotatable bonds is 10. The molecule has 0 aromatic carbocycles. The molecule has 3 nitrogen and oxygen atoms in total. The molecule has 1 N–H and O–H groups in total. The van der Waals surface area contributed by atoms with Crippen molar-refractivity contribution in [3.63, 3.8) is 0 Å². The topological polar surface area (TPSA) is 18.5 Å². The standard InChI is InChI=1S/C16H37N3/c1-8-11-17-15(16(2,3)4)10-14-19(7)13-9-12-18(5)6/h15,17H,8-14H2,1-7H3. The lowest BCUT2D eigenvalue weighted by Gasteiger charge is -2.33. The molecule has 0 amide bonds. The van der Waals surface area contributed by atoms with E-state index in [9.17, 15) is 0 Å². The van der Waals surface area contributed by atoms with Crippen molar-refractivity contribution in [2.75, 3.05) is 47.3 Å². The molecule has 0 aliphatic rings. The van der Waals surface area contributed by atoms with Gasteiger partial charge in [0.15, 0.2) is 0 Å². The average molecular weight is 271 g/mol. The van der Waals surface area contributed by atoms with Crippen LogP contribution in [0.5, 0.6) is 0 Å². The van der Waals surface area contributed by atoms with Gasteiger partial charge in [0.05, 0.1) is 0 Å². The lowest BCUT2D eigenvalue weighted by Crippen LogP contribution is -2.43. The van der Waals surface area contributed by atoms with E-state index in [0.29, 0.717) is 11.5 Å². The molecular weight excluding hydrogens is 234 g/mol. The molecule has 0 fully saturated rings. The molecule has 0 aliphatic carbocycles. The Bertz CT molecular complexity index is 209. The minimum absolute atomic E-state index is 0.347. The first-order valence-corrected chi connectivity index (χ1v) is 7.84. The molecule has 0 saturated heterocycles. The largest absolute Gasteiger partial charge is 0.313 e. The van der Waals surface area contributed by atoms with Gasteiger partial charge in [-0.3, -0.25) is 0 Å². The van der Waals surface area contributed by atoms with E-state index in [1.54, 1.807) is 0 Å². The van der Waals surface area contributed by atoms with Gasteiger partial charge in [-0.1, -0.05) is 27.7 Å². The van der Waals surface area contributed by atoms with Gasteiger partial charge in [0, 0.05) is 6.04 Å². The predicted octanol–water partition coefficient (Wildman–Crippen LogP) is 2.67. The van der Waals surface area contributed by atoms with E-state index in [1.807, 2.05) is 0 Å². The Labute approximate surface area is 121 Å².